The Morgan fingerprint density at radius 1 is 1.42 bits per heavy atom. The number of hydrogen-bond acceptors (Lipinski definition) is 4. The molecule has 0 spiro atoms. The van der Waals surface area contributed by atoms with Crippen LogP contribution in [-0.4, -0.2) is 35.8 Å². The number of carbonyl (C=O) groups excluding carboxylic acids is 2. The van der Waals surface area contributed by atoms with Crippen LogP contribution in [0.4, 0.5) is 5.69 Å². The van der Waals surface area contributed by atoms with Gasteiger partial charge in [0.1, 0.15) is 0 Å². The summed E-state index contributed by atoms with van der Waals surface area (Å²) >= 11 is 1.34. The highest BCUT2D eigenvalue weighted by atomic mass is 32.1. The lowest BCUT2D eigenvalue weighted by molar-refractivity contribution is -0.122. The molecule has 0 aliphatic carbocycles. The first-order valence-corrected chi connectivity index (χ1v) is 6.84. The Bertz CT molecular complexity index is 469. The molecule has 6 heteroatoms. The van der Waals surface area contributed by atoms with Crippen molar-refractivity contribution in [1.82, 2.24) is 10.2 Å². The van der Waals surface area contributed by atoms with Crippen molar-refractivity contribution < 1.29 is 9.59 Å². The standard InChI is InChI=1S/C13H21N3O2S/c1-8-9(14)6-10(19-8)12(18)16(5)7-11(17)15-13(2,3)4/h6H,7,14H2,1-5H3,(H,15,17). The number of nitrogens with one attached hydrogen (secondary N) is 1. The molecule has 1 rings (SSSR count). The lowest BCUT2D eigenvalue weighted by Gasteiger charge is -2.23. The second kappa shape index (κ2) is 5.61. The molecule has 19 heavy (non-hydrogen) atoms. The Balaban J connectivity index is 2.65. The fraction of sp³-hybridized carbons (Fsp3) is 0.538. The monoisotopic (exact) mass is 283 g/mol. The number of likely N-dealkylation sites (N-methyl/N-ethyl adjacent to an activating group) is 1. The summed E-state index contributed by atoms with van der Waals surface area (Å²) in [6.45, 7) is 7.60. The molecule has 1 aromatic rings. The molecule has 0 saturated heterocycles. The summed E-state index contributed by atoms with van der Waals surface area (Å²) < 4.78 is 0. The quantitative estimate of drug-likeness (QED) is 0.885. The van der Waals surface area contributed by atoms with Crippen molar-refractivity contribution in [2.45, 2.75) is 33.2 Å². The Hall–Kier alpha value is -1.56. The van der Waals surface area contributed by atoms with Gasteiger partial charge in [0.25, 0.3) is 5.91 Å². The van der Waals surface area contributed by atoms with E-state index in [1.807, 2.05) is 27.7 Å². The van der Waals surface area contributed by atoms with Gasteiger partial charge in [0, 0.05) is 23.2 Å². The van der Waals surface area contributed by atoms with Crippen LogP contribution in [0.1, 0.15) is 35.3 Å². The Labute approximate surface area is 117 Å². The third-order valence-corrected chi connectivity index (χ3v) is 3.46. The molecule has 0 saturated carbocycles. The highest BCUT2D eigenvalue weighted by Gasteiger charge is 2.20. The van der Waals surface area contributed by atoms with Gasteiger partial charge in [-0.3, -0.25) is 9.59 Å². The maximum absolute atomic E-state index is 12.1. The molecule has 0 aromatic carbocycles. The lowest BCUT2D eigenvalue weighted by Crippen LogP contribution is -2.46. The number of carbonyl (C=O) groups is 2. The van der Waals surface area contributed by atoms with Crippen molar-refractivity contribution in [2.24, 2.45) is 0 Å². The van der Waals surface area contributed by atoms with Gasteiger partial charge < -0.3 is 16.0 Å². The zero-order valence-corrected chi connectivity index (χ0v) is 12.9. The van der Waals surface area contributed by atoms with Crippen molar-refractivity contribution in [3.8, 4) is 0 Å². The van der Waals surface area contributed by atoms with Crippen molar-refractivity contribution in [1.29, 1.82) is 0 Å². The minimum Gasteiger partial charge on any atom is -0.398 e. The average Bonchev–Trinajstić information content (AvgIpc) is 2.55. The van der Waals surface area contributed by atoms with Gasteiger partial charge in [-0.25, -0.2) is 0 Å². The predicted octanol–water partition coefficient (Wildman–Crippen LogP) is 1.63. The van der Waals surface area contributed by atoms with E-state index in [0.717, 1.165) is 4.88 Å². The molecule has 0 fully saturated rings. The second-order valence-electron chi connectivity index (χ2n) is 5.58. The molecule has 0 radical (unpaired) electrons. The van der Waals surface area contributed by atoms with E-state index in [2.05, 4.69) is 5.32 Å². The zero-order valence-electron chi connectivity index (χ0n) is 12.0. The average molecular weight is 283 g/mol. The number of nitrogens with two attached hydrogens (primary N) is 1. The molecule has 0 aliphatic rings. The van der Waals surface area contributed by atoms with E-state index in [0.29, 0.717) is 10.6 Å². The Morgan fingerprint density at radius 3 is 2.42 bits per heavy atom. The second-order valence-corrected chi connectivity index (χ2v) is 6.84. The third-order valence-electron chi connectivity index (χ3n) is 2.41. The van der Waals surface area contributed by atoms with Crippen molar-refractivity contribution in [3.05, 3.63) is 15.8 Å². The van der Waals surface area contributed by atoms with E-state index in [1.54, 1.807) is 13.1 Å². The van der Waals surface area contributed by atoms with Crippen molar-refractivity contribution in [2.75, 3.05) is 19.3 Å². The molecule has 1 aromatic heterocycles. The lowest BCUT2D eigenvalue weighted by atomic mass is 10.1. The number of amides is 2. The third kappa shape index (κ3) is 4.55. The van der Waals surface area contributed by atoms with Crippen LogP contribution in [0, 0.1) is 6.92 Å². The number of rotatable bonds is 3. The fourth-order valence-electron chi connectivity index (χ4n) is 1.53. The largest absolute Gasteiger partial charge is 0.398 e. The van der Waals surface area contributed by atoms with Gasteiger partial charge in [0.2, 0.25) is 5.91 Å². The van der Waals surface area contributed by atoms with Crippen LogP contribution in [0.5, 0.6) is 0 Å². The van der Waals surface area contributed by atoms with Crippen molar-refractivity contribution >= 4 is 28.8 Å². The van der Waals surface area contributed by atoms with Crippen molar-refractivity contribution in [3.63, 3.8) is 0 Å². The SMILES string of the molecule is Cc1sc(C(=O)N(C)CC(=O)NC(C)(C)C)cc1N. The summed E-state index contributed by atoms with van der Waals surface area (Å²) in [7, 11) is 1.61. The number of anilines is 1. The summed E-state index contributed by atoms with van der Waals surface area (Å²) in [5.41, 5.74) is 6.03. The summed E-state index contributed by atoms with van der Waals surface area (Å²) in [5, 5.41) is 2.82. The predicted molar refractivity (Wildman–Crippen MR) is 78.3 cm³/mol. The molecular weight excluding hydrogens is 262 g/mol. The minimum atomic E-state index is -0.301. The van der Waals surface area contributed by atoms with Crippen LogP contribution in [0.3, 0.4) is 0 Å². The van der Waals surface area contributed by atoms with E-state index < -0.39 is 0 Å². The van der Waals surface area contributed by atoms with E-state index in [4.69, 9.17) is 5.73 Å². The maximum Gasteiger partial charge on any atom is 0.264 e. The summed E-state index contributed by atoms with van der Waals surface area (Å²) in [4.78, 5) is 26.7. The minimum absolute atomic E-state index is 0.0347. The number of nitrogens with zero attached hydrogens (tertiary/aromatic N) is 1. The van der Waals surface area contributed by atoms with Crippen LogP contribution >= 0.6 is 11.3 Å². The first-order chi connectivity index (χ1) is 8.60. The number of thiophene rings is 1. The van der Waals surface area contributed by atoms with Gasteiger partial charge in [0.05, 0.1) is 11.4 Å². The van der Waals surface area contributed by atoms with Gasteiger partial charge in [-0.15, -0.1) is 11.3 Å². The smallest absolute Gasteiger partial charge is 0.264 e. The van der Waals surface area contributed by atoms with E-state index in [9.17, 15) is 9.59 Å². The molecule has 3 N–H and O–H groups in total. The topological polar surface area (TPSA) is 75.4 Å². The molecular formula is C13H21N3O2S. The highest BCUT2D eigenvalue weighted by molar-refractivity contribution is 7.14. The fourth-order valence-corrected chi connectivity index (χ4v) is 2.47. The maximum atomic E-state index is 12.1. The summed E-state index contributed by atoms with van der Waals surface area (Å²) in [6, 6.07) is 1.65. The van der Waals surface area contributed by atoms with Crippen LogP contribution in [0.2, 0.25) is 0 Å². The summed E-state index contributed by atoms with van der Waals surface area (Å²) in [5.74, 6) is -0.363. The van der Waals surface area contributed by atoms with Gasteiger partial charge in [0.15, 0.2) is 0 Å². The van der Waals surface area contributed by atoms with Gasteiger partial charge in [-0.05, 0) is 33.8 Å². The summed E-state index contributed by atoms with van der Waals surface area (Å²) in [6.07, 6.45) is 0. The van der Waals surface area contributed by atoms with E-state index in [1.165, 1.54) is 16.2 Å². The van der Waals surface area contributed by atoms with Gasteiger partial charge in [-0.2, -0.15) is 0 Å². The molecule has 2 amide bonds. The van der Waals surface area contributed by atoms with Gasteiger partial charge in [-0.1, -0.05) is 0 Å². The first kappa shape index (κ1) is 15.5. The van der Waals surface area contributed by atoms with E-state index in [-0.39, 0.29) is 23.9 Å². The number of nitrogen functional groups attached to an aromatic ring is 1. The van der Waals surface area contributed by atoms with Crippen LogP contribution in [0.15, 0.2) is 6.07 Å². The zero-order chi connectivity index (χ0) is 14.8. The molecule has 0 unspecified atom stereocenters. The normalized spacial score (nSPS) is 11.2. The number of hydrogen-bond donors (Lipinski definition) is 2. The molecule has 5 nitrogen and oxygen atoms in total. The van der Waals surface area contributed by atoms with Gasteiger partial charge >= 0.3 is 0 Å². The molecule has 0 bridgehead atoms. The molecule has 1 heterocycles. The highest BCUT2D eigenvalue weighted by Crippen LogP contribution is 2.24. The molecule has 106 valence electrons. The Kier molecular flexibility index (Phi) is 4.57. The molecule has 0 atom stereocenters. The molecule has 0 aliphatic heterocycles. The van der Waals surface area contributed by atoms with Crippen LogP contribution < -0.4 is 11.1 Å². The van der Waals surface area contributed by atoms with Crippen LogP contribution in [0.25, 0.3) is 0 Å². The van der Waals surface area contributed by atoms with Crippen LogP contribution in [-0.2, 0) is 4.79 Å². The Morgan fingerprint density at radius 2 is 2.00 bits per heavy atom. The van der Waals surface area contributed by atoms with E-state index >= 15 is 0 Å². The first-order valence-electron chi connectivity index (χ1n) is 6.02. The number of aryl methyl sites for hydroxylation is 1.